The molecule has 130 valence electrons. The fraction of sp³-hybridized carbons (Fsp3) is 0.375. The number of benzene rings is 1. The van der Waals surface area contributed by atoms with E-state index in [1.165, 1.54) is 24.3 Å². The third kappa shape index (κ3) is 3.33. The highest BCUT2D eigenvalue weighted by Gasteiger charge is 2.51. The molecule has 1 atom stereocenters. The van der Waals surface area contributed by atoms with Crippen LogP contribution in [0, 0.1) is 26.9 Å². The van der Waals surface area contributed by atoms with Crippen LogP contribution in [0.25, 0.3) is 0 Å². The van der Waals surface area contributed by atoms with E-state index in [9.17, 15) is 19.7 Å². The lowest BCUT2D eigenvalue weighted by Gasteiger charge is -2.24. The molecule has 0 bridgehead atoms. The summed E-state index contributed by atoms with van der Waals surface area (Å²) in [7, 11) is 0. The first-order valence-corrected chi connectivity index (χ1v) is 7.53. The molecule has 0 radical (unpaired) electrons. The third-order valence-corrected chi connectivity index (χ3v) is 3.98. The Morgan fingerprint density at radius 1 is 1.44 bits per heavy atom. The van der Waals surface area contributed by atoms with Crippen molar-refractivity contribution in [2.24, 2.45) is 10.5 Å². The summed E-state index contributed by atoms with van der Waals surface area (Å²) in [5, 5.41) is 25.1. The third-order valence-electron chi connectivity index (χ3n) is 3.98. The Morgan fingerprint density at radius 2 is 2.08 bits per heavy atom. The predicted molar refractivity (Wildman–Crippen MR) is 87.6 cm³/mol. The van der Waals surface area contributed by atoms with Crippen molar-refractivity contribution in [3.63, 3.8) is 0 Å². The van der Waals surface area contributed by atoms with Crippen LogP contribution in [-0.2, 0) is 14.3 Å². The second-order valence-corrected chi connectivity index (χ2v) is 5.47. The summed E-state index contributed by atoms with van der Waals surface area (Å²) in [6, 6.07) is 7.21. The van der Waals surface area contributed by atoms with Crippen molar-refractivity contribution in [1.29, 1.82) is 5.26 Å². The maximum absolute atomic E-state index is 12.9. The van der Waals surface area contributed by atoms with Gasteiger partial charge in [-0.1, -0.05) is 0 Å². The molecule has 0 saturated carbocycles. The molecular formula is C16H16N4O5. The number of hydrazone groups is 1. The van der Waals surface area contributed by atoms with Crippen molar-refractivity contribution in [2.75, 3.05) is 11.6 Å². The second kappa shape index (κ2) is 7.09. The van der Waals surface area contributed by atoms with Gasteiger partial charge in [-0.15, -0.1) is 0 Å². The van der Waals surface area contributed by atoms with Crippen molar-refractivity contribution >= 4 is 29.0 Å². The molecule has 0 N–H and O–H groups in total. The Hall–Kier alpha value is -3.28. The lowest BCUT2D eigenvalue weighted by atomic mass is 9.77. The molecule has 1 aromatic carbocycles. The van der Waals surface area contributed by atoms with Crippen molar-refractivity contribution < 1.29 is 19.2 Å². The predicted octanol–water partition coefficient (Wildman–Crippen LogP) is 2.17. The van der Waals surface area contributed by atoms with Gasteiger partial charge in [0.1, 0.15) is 5.41 Å². The van der Waals surface area contributed by atoms with Gasteiger partial charge in [0.25, 0.3) is 11.6 Å². The first kappa shape index (κ1) is 18.1. The highest BCUT2D eigenvalue weighted by molar-refractivity contribution is 6.20. The minimum Gasteiger partial charge on any atom is -0.466 e. The van der Waals surface area contributed by atoms with E-state index in [0.29, 0.717) is 11.4 Å². The fourth-order valence-corrected chi connectivity index (χ4v) is 2.60. The van der Waals surface area contributed by atoms with Crippen molar-refractivity contribution in [2.45, 2.75) is 26.7 Å². The fourth-order valence-electron chi connectivity index (χ4n) is 2.60. The smallest absolute Gasteiger partial charge is 0.307 e. The number of non-ortho nitro benzene ring substituents is 1. The van der Waals surface area contributed by atoms with Crippen LogP contribution in [-0.4, -0.2) is 29.1 Å². The molecule has 1 heterocycles. The van der Waals surface area contributed by atoms with Crippen LogP contribution >= 0.6 is 0 Å². The molecule has 9 nitrogen and oxygen atoms in total. The van der Waals surface area contributed by atoms with Gasteiger partial charge >= 0.3 is 5.97 Å². The molecule has 2 rings (SSSR count). The first-order valence-electron chi connectivity index (χ1n) is 7.53. The molecule has 25 heavy (non-hydrogen) atoms. The van der Waals surface area contributed by atoms with Crippen molar-refractivity contribution in [3.8, 4) is 6.07 Å². The zero-order valence-electron chi connectivity index (χ0n) is 13.8. The summed E-state index contributed by atoms with van der Waals surface area (Å²) in [5.41, 5.74) is -0.863. The molecule has 0 spiro atoms. The highest BCUT2D eigenvalue weighted by atomic mass is 16.6. The van der Waals surface area contributed by atoms with Crippen LogP contribution in [0.3, 0.4) is 0 Å². The monoisotopic (exact) mass is 344 g/mol. The van der Waals surface area contributed by atoms with Crippen LogP contribution < -0.4 is 5.01 Å². The van der Waals surface area contributed by atoms with Crippen LogP contribution in [0.15, 0.2) is 29.4 Å². The summed E-state index contributed by atoms with van der Waals surface area (Å²) in [6.45, 7) is 3.38. The maximum atomic E-state index is 12.9. The van der Waals surface area contributed by atoms with Gasteiger partial charge in [0, 0.05) is 12.1 Å². The number of carbonyl (C=O) groups is 2. The summed E-state index contributed by atoms with van der Waals surface area (Å²) in [4.78, 5) is 35.0. The van der Waals surface area contributed by atoms with Gasteiger partial charge < -0.3 is 4.74 Å². The quantitative estimate of drug-likeness (QED) is 0.442. The number of amides is 1. The zero-order chi connectivity index (χ0) is 18.6. The Labute approximate surface area is 143 Å². The van der Waals surface area contributed by atoms with Gasteiger partial charge in [0.15, 0.2) is 0 Å². The molecular weight excluding hydrogens is 328 g/mol. The number of rotatable bonds is 6. The molecule has 1 aliphatic heterocycles. The van der Waals surface area contributed by atoms with E-state index in [2.05, 4.69) is 5.10 Å². The topological polar surface area (TPSA) is 126 Å². The SMILES string of the molecule is CCOC(=O)CC1(CC#N)C(=O)N(c2ccc([N+](=O)[O-])cc2)N=C1C. The molecule has 0 fully saturated rings. The Balaban J connectivity index is 2.35. The maximum Gasteiger partial charge on any atom is 0.307 e. The number of hydrogen-bond acceptors (Lipinski definition) is 7. The molecule has 1 unspecified atom stereocenters. The van der Waals surface area contributed by atoms with Crippen LogP contribution in [0.4, 0.5) is 11.4 Å². The molecule has 0 saturated heterocycles. The van der Waals surface area contributed by atoms with Gasteiger partial charge in [0.05, 0.1) is 41.8 Å². The number of carbonyl (C=O) groups excluding carboxylic acids is 2. The first-order chi connectivity index (χ1) is 11.9. The number of nitro benzene ring substituents is 1. The van der Waals surface area contributed by atoms with Crippen molar-refractivity contribution in [3.05, 3.63) is 34.4 Å². The molecule has 1 aromatic rings. The zero-order valence-corrected chi connectivity index (χ0v) is 13.8. The molecule has 0 aromatic heterocycles. The number of hydrogen-bond donors (Lipinski definition) is 0. The van der Waals surface area contributed by atoms with Crippen molar-refractivity contribution in [1.82, 2.24) is 0 Å². The van der Waals surface area contributed by atoms with Gasteiger partial charge in [-0.05, 0) is 26.0 Å². The summed E-state index contributed by atoms with van der Waals surface area (Å²) in [6.07, 6.45) is -0.504. The molecule has 1 amide bonds. The minimum atomic E-state index is -1.39. The molecule has 1 aliphatic rings. The number of nitriles is 1. The number of anilines is 1. The van der Waals surface area contributed by atoms with Gasteiger partial charge in [-0.3, -0.25) is 19.7 Å². The number of ether oxygens (including phenoxy) is 1. The average molecular weight is 344 g/mol. The number of esters is 1. The lowest BCUT2D eigenvalue weighted by molar-refractivity contribution is -0.384. The largest absolute Gasteiger partial charge is 0.466 e. The molecule has 9 heteroatoms. The molecule has 0 aliphatic carbocycles. The summed E-state index contributed by atoms with van der Waals surface area (Å²) >= 11 is 0. The van der Waals surface area contributed by atoms with E-state index in [0.717, 1.165) is 5.01 Å². The Bertz CT molecular complexity index is 781. The standard InChI is InChI=1S/C16H16N4O5/c1-3-25-14(21)10-16(8-9-17)11(2)18-19(15(16)22)12-4-6-13(7-5-12)20(23)24/h4-7H,3,8,10H2,1-2H3. The number of nitrogens with zero attached hydrogens (tertiary/aromatic N) is 4. The minimum absolute atomic E-state index is 0.120. The summed E-state index contributed by atoms with van der Waals surface area (Å²) < 4.78 is 4.91. The van der Waals surface area contributed by atoms with E-state index >= 15 is 0 Å². The van der Waals surface area contributed by atoms with E-state index < -0.39 is 22.2 Å². The second-order valence-electron chi connectivity index (χ2n) is 5.47. The van der Waals surface area contributed by atoms with E-state index in [1.54, 1.807) is 13.8 Å². The average Bonchev–Trinajstić information content (AvgIpc) is 2.80. The van der Waals surface area contributed by atoms with E-state index in [1.807, 2.05) is 6.07 Å². The Morgan fingerprint density at radius 3 is 2.60 bits per heavy atom. The van der Waals surface area contributed by atoms with Crippen LogP contribution in [0.2, 0.25) is 0 Å². The van der Waals surface area contributed by atoms with E-state index in [-0.39, 0.29) is 25.1 Å². The van der Waals surface area contributed by atoms with E-state index in [4.69, 9.17) is 10.00 Å². The van der Waals surface area contributed by atoms with Gasteiger partial charge in [-0.2, -0.15) is 15.4 Å². The summed E-state index contributed by atoms with van der Waals surface area (Å²) in [5.74, 6) is -1.13. The van der Waals surface area contributed by atoms with Gasteiger partial charge in [-0.25, -0.2) is 0 Å². The van der Waals surface area contributed by atoms with Gasteiger partial charge in [0.2, 0.25) is 0 Å². The van der Waals surface area contributed by atoms with Crippen LogP contribution in [0.5, 0.6) is 0 Å². The highest BCUT2D eigenvalue weighted by Crippen LogP contribution is 2.39. The van der Waals surface area contributed by atoms with Crippen LogP contribution in [0.1, 0.15) is 26.7 Å². The Kier molecular flexibility index (Phi) is 5.12. The normalized spacial score (nSPS) is 19.3. The number of nitro groups is 1. The lowest BCUT2D eigenvalue weighted by Crippen LogP contribution is -2.41.